The Labute approximate surface area is 238 Å². The first kappa shape index (κ1) is 27.8. The summed E-state index contributed by atoms with van der Waals surface area (Å²) >= 11 is 1.28. The van der Waals surface area contributed by atoms with Crippen LogP contribution in [-0.2, 0) is 4.79 Å². The molecule has 1 atom stereocenters. The highest BCUT2D eigenvalue weighted by molar-refractivity contribution is 7.99. The van der Waals surface area contributed by atoms with Crippen LogP contribution in [0.5, 0.6) is 5.75 Å². The molecule has 6 rings (SSSR count). The topological polar surface area (TPSA) is 87.9 Å². The number of fused-ring (bicyclic) bond motifs is 1. The number of aromatic amines is 1. The summed E-state index contributed by atoms with van der Waals surface area (Å²) in [5.74, 6) is -4.71. The van der Waals surface area contributed by atoms with E-state index < -0.39 is 36.5 Å². The molecule has 1 unspecified atom stereocenters. The van der Waals surface area contributed by atoms with Crippen molar-refractivity contribution in [1.29, 1.82) is 0 Å². The Bertz CT molecular complexity index is 1800. The highest BCUT2D eigenvalue weighted by Gasteiger charge is 2.47. The lowest BCUT2D eigenvalue weighted by Gasteiger charge is -2.30. The number of aromatic nitrogens is 1. The van der Waals surface area contributed by atoms with Gasteiger partial charge in [0.15, 0.2) is 5.58 Å². The summed E-state index contributed by atoms with van der Waals surface area (Å²) in [7, 11) is 0. The SMILES string of the molecule is CC(F)(F)CN1C(=O)C2=C(C(c3cccc4[nH]c(=O)oc34)=NC2)C1c1ccc(Sc2ccc(OC(F)(F)F)cc2)cc1. The lowest BCUT2D eigenvalue weighted by atomic mass is 9.91. The van der Waals surface area contributed by atoms with Crippen molar-refractivity contribution in [2.45, 2.75) is 35.0 Å². The van der Waals surface area contributed by atoms with E-state index in [0.717, 1.165) is 16.7 Å². The predicted molar refractivity (Wildman–Crippen MR) is 144 cm³/mol. The number of nitrogens with zero attached hydrogens (tertiary/aromatic N) is 2. The molecule has 7 nitrogen and oxygen atoms in total. The van der Waals surface area contributed by atoms with Crippen molar-refractivity contribution in [3.63, 3.8) is 0 Å². The minimum absolute atomic E-state index is 0.00118. The highest BCUT2D eigenvalue weighted by atomic mass is 32.2. The van der Waals surface area contributed by atoms with Gasteiger partial charge in [0, 0.05) is 33.4 Å². The second-order valence-electron chi connectivity index (χ2n) is 9.85. The van der Waals surface area contributed by atoms with E-state index in [4.69, 9.17) is 4.42 Å². The van der Waals surface area contributed by atoms with Gasteiger partial charge in [-0.25, -0.2) is 13.6 Å². The number of para-hydroxylation sites is 1. The zero-order valence-corrected chi connectivity index (χ0v) is 22.5. The van der Waals surface area contributed by atoms with Gasteiger partial charge in [0.25, 0.3) is 11.8 Å². The lowest BCUT2D eigenvalue weighted by Crippen LogP contribution is -2.40. The Hall–Kier alpha value is -4.39. The number of carbonyl (C=O) groups is 1. The van der Waals surface area contributed by atoms with Crippen molar-refractivity contribution in [1.82, 2.24) is 9.88 Å². The zero-order valence-electron chi connectivity index (χ0n) is 21.7. The molecular weight excluding hydrogens is 581 g/mol. The first-order valence-corrected chi connectivity index (χ1v) is 13.4. The molecule has 0 spiro atoms. The molecule has 3 aromatic carbocycles. The fourth-order valence-electron chi connectivity index (χ4n) is 5.16. The molecule has 0 saturated carbocycles. The van der Waals surface area contributed by atoms with E-state index in [-0.39, 0.29) is 17.9 Å². The molecule has 216 valence electrons. The van der Waals surface area contributed by atoms with E-state index in [9.17, 15) is 31.5 Å². The summed E-state index contributed by atoms with van der Waals surface area (Å²) in [6.45, 7) is -0.0718. The maximum atomic E-state index is 14.3. The van der Waals surface area contributed by atoms with E-state index in [1.54, 1.807) is 42.5 Å². The van der Waals surface area contributed by atoms with Gasteiger partial charge in [-0.1, -0.05) is 30.0 Å². The maximum absolute atomic E-state index is 14.3. The van der Waals surface area contributed by atoms with E-state index in [2.05, 4.69) is 14.7 Å². The van der Waals surface area contributed by atoms with Gasteiger partial charge in [0.1, 0.15) is 5.75 Å². The number of aliphatic imine (C=N–C) groups is 1. The van der Waals surface area contributed by atoms with Gasteiger partial charge in [-0.2, -0.15) is 0 Å². The molecule has 42 heavy (non-hydrogen) atoms. The minimum Gasteiger partial charge on any atom is -0.407 e. The average Bonchev–Trinajstić information content (AvgIpc) is 3.57. The smallest absolute Gasteiger partial charge is 0.407 e. The average molecular weight is 602 g/mol. The Kier molecular flexibility index (Phi) is 6.71. The van der Waals surface area contributed by atoms with E-state index in [1.165, 1.54) is 36.0 Å². The monoisotopic (exact) mass is 601 g/mol. The predicted octanol–water partition coefficient (Wildman–Crippen LogP) is 6.51. The van der Waals surface area contributed by atoms with Crippen molar-refractivity contribution in [3.8, 4) is 5.75 Å². The Balaban J connectivity index is 1.33. The molecular formula is C29H20F5N3O4S. The number of alkyl halides is 5. The van der Waals surface area contributed by atoms with Crippen LogP contribution < -0.4 is 10.5 Å². The summed E-state index contributed by atoms with van der Waals surface area (Å²) in [5, 5.41) is 0. The Morgan fingerprint density at radius 3 is 2.31 bits per heavy atom. The molecule has 0 fully saturated rings. The van der Waals surface area contributed by atoms with Crippen molar-refractivity contribution < 1.29 is 35.9 Å². The van der Waals surface area contributed by atoms with Crippen molar-refractivity contribution in [3.05, 3.63) is 99.6 Å². The van der Waals surface area contributed by atoms with Crippen LogP contribution in [0.4, 0.5) is 22.0 Å². The third kappa shape index (κ3) is 5.43. The molecule has 0 saturated heterocycles. The molecule has 2 aliphatic rings. The molecule has 1 N–H and O–H groups in total. The van der Waals surface area contributed by atoms with Gasteiger partial charge in [0.05, 0.1) is 30.4 Å². The molecule has 13 heteroatoms. The first-order valence-electron chi connectivity index (χ1n) is 12.6. The number of nitrogens with one attached hydrogen (secondary N) is 1. The van der Waals surface area contributed by atoms with Crippen LogP contribution in [0.1, 0.15) is 24.1 Å². The first-order chi connectivity index (χ1) is 19.9. The molecule has 1 aromatic heterocycles. The zero-order chi connectivity index (χ0) is 29.8. The number of benzene rings is 3. The third-order valence-electron chi connectivity index (χ3n) is 6.72. The number of hydrogen-bond acceptors (Lipinski definition) is 6. The lowest BCUT2D eigenvalue weighted by molar-refractivity contribution is -0.274. The summed E-state index contributed by atoms with van der Waals surface area (Å²) in [6, 6.07) is 16.5. The van der Waals surface area contributed by atoms with Crippen molar-refractivity contribution >= 4 is 34.5 Å². The summed E-state index contributed by atoms with van der Waals surface area (Å²) in [6.07, 6.45) is -4.79. The second kappa shape index (κ2) is 10.2. The summed E-state index contributed by atoms with van der Waals surface area (Å²) in [5.41, 5.74) is 2.87. The Morgan fingerprint density at radius 1 is 1.00 bits per heavy atom. The number of oxazole rings is 1. The van der Waals surface area contributed by atoms with Crippen LogP contribution in [0, 0.1) is 0 Å². The van der Waals surface area contributed by atoms with Crippen LogP contribution in [0.2, 0.25) is 0 Å². The number of carbonyl (C=O) groups excluding carboxylic acids is 1. The number of rotatable bonds is 7. The van der Waals surface area contributed by atoms with Gasteiger partial charge in [-0.3, -0.25) is 14.8 Å². The number of H-pyrrole nitrogens is 1. The molecule has 3 heterocycles. The van der Waals surface area contributed by atoms with Gasteiger partial charge >= 0.3 is 12.1 Å². The number of ether oxygens (including phenoxy) is 1. The molecule has 1 amide bonds. The van der Waals surface area contributed by atoms with Crippen LogP contribution in [-0.4, -0.2) is 46.9 Å². The van der Waals surface area contributed by atoms with Crippen molar-refractivity contribution in [2.75, 3.05) is 13.1 Å². The second-order valence-corrected chi connectivity index (χ2v) is 11.0. The van der Waals surface area contributed by atoms with Crippen LogP contribution >= 0.6 is 11.8 Å². The fourth-order valence-corrected chi connectivity index (χ4v) is 5.97. The number of amides is 1. The highest BCUT2D eigenvalue weighted by Crippen LogP contribution is 2.45. The fraction of sp³-hybridized carbons (Fsp3) is 0.207. The molecule has 0 aliphatic carbocycles. The molecule has 2 aliphatic heterocycles. The maximum Gasteiger partial charge on any atom is 0.573 e. The van der Waals surface area contributed by atoms with E-state index in [0.29, 0.717) is 38.4 Å². The normalized spacial score (nSPS) is 17.3. The molecule has 0 radical (unpaired) electrons. The van der Waals surface area contributed by atoms with Gasteiger partial charge in [-0.15, -0.1) is 13.2 Å². The quantitative estimate of drug-likeness (QED) is 0.244. The Morgan fingerprint density at radius 2 is 1.67 bits per heavy atom. The van der Waals surface area contributed by atoms with Gasteiger partial charge in [0.2, 0.25) is 0 Å². The van der Waals surface area contributed by atoms with Gasteiger partial charge in [-0.05, 0) is 54.1 Å². The standard InChI is InChI=1S/C29H20F5N3O4S/c1-28(30,31)14-37-24(15-5-9-17(10-6-15)42-18-11-7-16(8-12-18)41-29(32,33)34)22-20(26(37)38)13-35-23(22)19-3-2-4-21-25(19)40-27(39)36-21/h2-12,24H,13-14H2,1H3,(H,36,39). The van der Waals surface area contributed by atoms with E-state index in [1.807, 2.05) is 0 Å². The van der Waals surface area contributed by atoms with Crippen LogP contribution in [0.3, 0.4) is 0 Å². The minimum atomic E-state index is -4.79. The molecule has 0 bridgehead atoms. The van der Waals surface area contributed by atoms with Crippen molar-refractivity contribution in [2.24, 2.45) is 4.99 Å². The van der Waals surface area contributed by atoms with Crippen LogP contribution in [0.15, 0.2) is 102 Å². The number of halogens is 5. The van der Waals surface area contributed by atoms with Gasteiger partial charge < -0.3 is 14.1 Å². The summed E-state index contributed by atoms with van der Waals surface area (Å²) in [4.78, 5) is 35.0. The third-order valence-corrected chi connectivity index (χ3v) is 7.73. The van der Waals surface area contributed by atoms with Crippen LogP contribution in [0.25, 0.3) is 11.1 Å². The van der Waals surface area contributed by atoms with E-state index >= 15 is 0 Å². The molecule has 4 aromatic rings. The summed E-state index contributed by atoms with van der Waals surface area (Å²) < 4.78 is 75.2. The largest absolute Gasteiger partial charge is 0.573 e. The number of hydrogen-bond donors (Lipinski definition) is 1.